The summed E-state index contributed by atoms with van der Waals surface area (Å²) in [6, 6.07) is 0. The van der Waals surface area contributed by atoms with Crippen LogP contribution in [0, 0.1) is 5.41 Å². The van der Waals surface area contributed by atoms with E-state index >= 15 is 0 Å². The van der Waals surface area contributed by atoms with Crippen molar-refractivity contribution < 1.29 is 22.0 Å². The molecule has 2 fully saturated rings. The van der Waals surface area contributed by atoms with Gasteiger partial charge in [-0.15, -0.1) is 11.8 Å². The van der Waals surface area contributed by atoms with Crippen LogP contribution >= 0.6 is 11.8 Å². The van der Waals surface area contributed by atoms with Crippen molar-refractivity contribution in [1.29, 1.82) is 0 Å². The largest absolute Gasteiger partial charge is 0.401 e. The number of alkyl halides is 5. The summed E-state index contributed by atoms with van der Waals surface area (Å²) >= 11 is 0.802. The number of halogens is 5. The summed E-state index contributed by atoms with van der Waals surface area (Å²) < 4.78 is 64.7. The van der Waals surface area contributed by atoms with Crippen LogP contribution in [0.15, 0.2) is 0 Å². The lowest BCUT2D eigenvalue weighted by molar-refractivity contribution is -0.292. The van der Waals surface area contributed by atoms with Gasteiger partial charge >= 0.3 is 6.18 Å². The molecule has 6 heteroatoms. The Morgan fingerprint density at radius 2 is 1.64 bits per heavy atom. The molecule has 2 bridgehead atoms. The summed E-state index contributed by atoms with van der Waals surface area (Å²) in [5.41, 5.74) is -2.83. The molecule has 3 atom stereocenters. The highest BCUT2D eigenvalue weighted by molar-refractivity contribution is 8.01. The Hall–Kier alpha value is -0.0000000000000000555. The van der Waals surface area contributed by atoms with Crippen LogP contribution in [0.4, 0.5) is 22.0 Å². The maximum atomic E-state index is 13.4. The molecule has 2 heterocycles. The molecule has 0 aromatic carbocycles. The highest BCUT2D eigenvalue weighted by Gasteiger charge is 2.78. The zero-order valence-electron chi connectivity index (χ0n) is 7.37. The van der Waals surface area contributed by atoms with Gasteiger partial charge in [0.1, 0.15) is 5.41 Å². The first-order valence-electron chi connectivity index (χ1n) is 4.31. The molecule has 0 aromatic heterocycles. The number of hydrogen-bond donors (Lipinski definition) is 0. The fraction of sp³-hybridized carbons (Fsp3) is 1.00. The lowest BCUT2D eigenvalue weighted by atomic mass is 9.72. The van der Waals surface area contributed by atoms with Crippen molar-refractivity contribution in [2.24, 2.45) is 5.41 Å². The first-order chi connectivity index (χ1) is 6.21. The minimum Gasteiger partial charge on any atom is -0.205 e. The third-order valence-electron chi connectivity index (χ3n) is 3.35. The lowest BCUT2D eigenvalue weighted by Crippen LogP contribution is -2.56. The molecule has 2 aliphatic heterocycles. The first-order valence-corrected chi connectivity index (χ1v) is 5.25. The molecule has 0 radical (unpaired) electrons. The third kappa shape index (κ3) is 0.955. The average molecular weight is 232 g/mol. The van der Waals surface area contributed by atoms with E-state index in [0.717, 1.165) is 11.8 Å². The van der Waals surface area contributed by atoms with Gasteiger partial charge < -0.3 is 0 Å². The second kappa shape index (κ2) is 2.57. The van der Waals surface area contributed by atoms with Gasteiger partial charge in [-0.25, -0.2) is 8.78 Å². The third-order valence-corrected chi connectivity index (χ3v) is 5.25. The summed E-state index contributed by atoms with van der Waals surface area (Å²) in [5.74, 6) is -3.61. The topological polar surface area (TPSA) is 0 Å². The predicted molar refractivity (Wildman–Crippen MR) is 43.5 cm³/mol. The molecular weight excluding hydrogens is 223 g/mol. The second-order valence-electron chi connectivity index (χ2n) is 4.01. The van der Waals surface area contributed by atoms with E-state index in [4.69, 9.17) is 0 Å². The van der Waals surface area contributed by atoms with Crippen LogP contribution in [0.5, 0.6) is 0 Å². The van der Waals surface area contributed by atoms with Crippen LogP contribution in [0.25, 0.3) is 0 Å². The maximum Gasteiger partial charge on any atom is 0.401 e. The van der Waals surface area contributed by atoms with Gasteiger partial charge in [-0.05, 0) is 19.8 Å². The molecule has 0 amide bonds. The van der Waals surface area contributed by atoms with Crippen molar-refractivity contribution >= 4 is 11.8 Å². The molecule has 0 aliphatic carbocycles. The zero-order chi connectivity index (χ0) is 10.8. The SMILES string of the molecule is CC1(C(F)(F)F)C2CCC(S2)C1(F)F. The van der Waals surface area contributed by atoms with Crippen LogP contribution in [-0.4, -0.2) is 22.6 Å². The van der Waals surface area contributed by atoms with Gasteiger partial charge in [0.15, 0.2) is 0 Å². The molecule has 0 nitrogen and oxygen atoms in total. The molecule has 3 unspecified atom stereocenters. The molecule has 2 saturated heterocycles. The molecule has 82 valence electrons. The van der Waals surface area contributed by atoms with Crippen LogP contribution in [0.2, 0.25) is 0 Å². The van der Waals surface area contributed by atoms with E-state index in [2.05, 4.69) is 0 Å². The van der Waals surface area contributed by atoms with E-state index in [0.29, 0.717) is 6.92 Å². The van der Waals surface area contributed by atoms with Gasteiger partial charge in [-0.2, -0.15) is 13.2 Å². The Morgan fingerprint density at radius 1 is 1.14 bits per heavy atom. The van der Waals surface area contributed by atoms with E-state index in [9.17, 15) is 22.0 Å². The minimum absolute atomic E-state index is 0.202. The van der Waals surface area contributed by atoms with E-state index in [1.165, 1.54) is 0 Å². The van der Waals surface area contributed by atoms with Crippen molar-refractivity contribution in [3.63, 3.8) is 0 Å². The van der Waals surface area contributed by atoms with Crippen molar-refractivity contribution in [3.8, 4) is 0 Å². The van der Waals surface area contributed by atoms with E-state index in [1.54, 1.807) is 0 Å². The molecule has 0 N–H and O–H groups in total. The van der Waals surface area contributed by atoms with Crippen LogP contribution in [0.3, 0.4) is 0 Å². The summed E-state index contributed by atoms with van der Waals surface area (Å²) in [7, 11) is 0. The Bertz CT molecular complexity index is 261. The zero-order valence-corrected chi connectivity index (χ0v) is 8.18. The van der Waals surface area contributed by atoms with Crippen molar-refractivity contribution in [2.45, 2.75) is 42.4 Å². The number of thioether (sulfide) groups is 1. The van der Waals surface area contributed by atoms with Gasteiger partial charge in [0.25, 0.3) is 5.92 Å². The van der Waals surface area contributed by atoms with Gasteiger partial charge in [0.2, 0.25) is 0 Å². The summed E-state index contributed by atoms with van der Waals surface area (Å²) in [6.07, 6.45) is -4.36. The first kappa shape index (κ1) is 10.5. The minimum atomic E-state index is -4.82. The fourth-order valence-electron chi connectivity index (χ4n) is 2.25. The van der Waals surface area contributed by atoms with Gasteiger partial charge in [0, 0.05) is 5.25 Å². The quantitative estimate of drug-likeness (QED) is 0.576. The Morgan fingerprint density at radius 3 is 1.93 bits per heavy atom. The smallest absolute Gasteiger partial charge is 0.205 e. The lowest BCUT2D eigenvalue weighted by Gasteiger charge is -2.40. The van der Waals surface area contributed by atoms with E-state index < -0.39 is 28.0 Å². The Kier molecular flexibility index (Phi) is 1.93. The molecule has 2 aliphatic rings. The van der Waals surface area contributed by atoms with Gasteiger partial charge in [-0.1, -0.05) is 0 Å². The molecule has 0 spiro atoms. The van der Waals surface area contributed by atoms with E-state index in [-0.39, 0.29) is 12.8 Å². The summed E-state index contributed by atoms with van der Waals surface area (Å²) in [6.45, 7) is 0.657. The molecule has 14 heavy (non-hydrogen) atoms. The second-order valence-corrected chi connectivity index (χ2v) is 5.42. The van der Waals surface area contributed by atoms with Crippen molar-refractivity contribution in [2.75, 3.05) is 0 Å². The molecular formula is C8H9F5S. The summed E-state index contributed by atoms with van der Waals surface area (Å²) in [4.78, 5) is 0. The average Bonchev–Trinajstić information content (AvgIpc) is 2.52. The molecule has 2 rings (SSSR count). The van der Waals surface area contributed by atoms with Crippen molar-refractivity contribution in [3.05, 3.63) is 0 Å². The summed E-state index contributed by atoms with van der Waals surface area (Å²) in [5, 5.41) is -2.11. The number of rotatable bonds is 0. The maximum absolute atomic E-state index is 13.4. The highest BCUT2D eigenvalue weighted by Crippen LogP contribution is 2.69. The van der Waals surface area contributed by atoms with Gasteiger partial charge in [-0.3, -0.25) is 0 Å². The normalized spacial score (nSPS) is 45.9. The number of hydrogen-bond acceptors (Lipinski definition) is 1. The fourth-order valence-corrected chi connectivity index (χ4v) is 4.17. The van der Waals surface area contributed by atoms with Crippen LogP contribution in [-0.2, 0) is 0 Å². The number of fused-ring (bicyclic) bond motifs is 2. The predicted octanol–water partition coefficient (Wildman–Crippen LogP) is 3.47. The van der Waals surface area contributed by atoms with Crippen molar-refractivity contribution in [1.82, 2.24) is 0 Å². The molecule has 0 saturated carbocycles. The highest BCUT2D eigenvalue weighted by atomic mass is 32.2. The molecule has 0 aromatic rings. The van der Waals surface area contributed by atoms with Crippen LogP contribution < -0.4 is 0 Å². The standard InChI is InChI=1S/C8H9F5S/c1-6(8(11,12)13)4-2-3-5(14-4)7(6,9)10/h4-5H,2-3H2,1H3. The van der Waals surface area contributed by atoms with E-state index in [1.807, 2.05) is 0 Å². The Labute approximate surface area is 82.2 Å². The van der Waals surface area contributed by atoms with Gasteiger partial charge in [0.05, 0.1) is 5.25 Å². The monoisotopic (exact) mass is 232 g/mol. The van der Waals surface area contributed by atoms with Crippen LogP contribution in [0.1, 0.15) is 19.8 Å². The Balaban J connectivity index is 2.44.